The fraction of sp³-hybridized carbons (Fsp3) is 0.192. The number of amides is 2. The molecule has 3 aromatic rings. The summed E-state index contributed by atoms with van der Waals surface area (Å²) in [7, 11) is 1.52. The number of hydrogen-bond donors (Lipinski definition) is 1. The van der Waals surface area contributed by atoms with Gasteiger partial charge in [0.05, 0.1) is 24.9 Å². The van der Waals surface area contributed by atoms with Gasteiger partial charge in [-0.15, -0.1) is 0 Å². The Morgan fingerprint density at radius 2 is 1.78 bits per heavy atom. The maximum Gasteiger partial charge on any atom is 0.416 e. The lowest BCUT2D eigenvalue weighted by molar-refractivity contribution is -0.137. The lowest BCUT2D eigenvalue weighted by atomic mass is 10.2. The van der Waals surface area contributed by atoms with E-state index in [0.29, 0.717) is 16.6 Å². The highest BCUT2D eigenvalue weighted by atomic mass is 32.2. The van der Waals surface area contributed by atoms with E-state index in [9.17, 15) is 22.8 Å². The molecular formula is C26H22F3N3O3S. The van der Waals surface area contributed by atoms with Crippen LogP contribution in [-0.4, -0.2) is 34.2 Å². The average molecular weight is 514 g/mol. The van der Waals surface area contributed by atoms with E-state index >= 15 is 0 Å². The van der Waals surface area contributed by atoms with Crippen molar-refractivity contribution in [3.05, 3.63) is 90.0 Å². The van der Waals surface area contributed by atoms with Gasteiger partial charge in [-0.25, -0.2) is 4.99 Å². The molecule has 6 nitrogen and oxygen atoms in total. The zero-order valence-corrected chi connectivity index (χ0v) is 20.0. The molecular weight excluding hydrogens is 491 g/mol. The summed E-state index contributed by atoms with van der Waals surface area (Å²) in [5.41, 5.74) is 0.885. The molecule has 0 radical (unpaired) electrons. The minimum Gasteiger partial charge on any atom is -0.497 e. The number of benzene rings is 3. The summed E-state index contributed by atoms with van der Waals surface area (Å²) in [5.74, 6) is -0.0704. The maximum atomic E-state index is 13.3. The molecule has 1 fully saturated rings. The topological polar surface area (TPSA) is 71.0 Å². The Morgan fingerprint density at radius 3 is 2.44 bits per heavy atom. The first-order chi connectivity index (χ1) is 17.2. The summed E-state index contributed by atoms with van der Waals surface area (Å²) in [5, 5.41) is 2.36. The highest BCUT2D eigenvalue weighted by Gasteiger charge is 2.39. The van der Waals surface area contributed by atoms with Crippen molar-refractivity contribution in [1.29, 1.82) is 0 Å². The molecule has 0 aromatic heterocycles. The molecule has 0 bridgehead atoms. The Labute approximate surface area is 210 Å². The van der Waals surface area contributed by atoms with Crippen LogP contribution in [-0.2, 0) is 22.3 Å². The Balaban J connectivity index is 1.54. The van der Waals surface area contributed by atoms with Crippen LogP contribution in [0.4, 0.5) is 24.5 Å². The quantitative estimate of drug-likeness (QED) is 0.429. The van der Waals surface area contributed by atoms with Crippen LogP contribution in [0.25, 0.3) is 0 Å². The molecule has 1 aliphatic heterocycles. The molecule has 1 N–H and O–H groups in total. The van der Waals surface area contributed by atoms with Gasteiger partial charge < -0.3 is 10.1 Å². The first kappa shape index (κ1) is 25.3. The molecule has 0 unspecified atom stereocenters. The standard InChI is InChI=1S/C26H22F3N3O3S/c1-35-21-9-5-8-20(14-21)30-23(33)15-22-24(34)32(16-17-6-3-2-4-7-17)25(36-22)31-19-12-10-18(11-13-19)26(27,28)29/h2-14,22H,15-16H2,1H3,(H,30,33)/t22-/m0/s1. The minimum atomic E-state index is -4.45. The fourth-order valence-corrected chi connectivity index (χ4v) is 4.71. The second kappa shape index (κ2) is 10.9. The van der Waals surface area contributed by atoms with E-state index in [1.165, 1.54) is 24.1 Å². The van der Waals surface area contributed by atoms with Crippen molar-refractivity contribution in [3.63, 3.8) is 0 Å². The number of rotatable bonds is 7. The van der Waals surface area contributed by atoms with Crippen molar-refractivity contribution >= 4 is 40.1 Å². The van der Waals surface area contributed by atoms with Gasteiger partial charge in [-0.1, -0.05) is 48.2 Å². The Kier molecular flexibility index (Phi) is 7.64. The summed E-state index contributed by atoms with van der Waals surface area (Å²) in [4.78, 5) is 31.9. The van der Waals surface area contributed by atoms with E-state index in [1.807, 2.05) is 30.3 Å². The molecule has 1 saturated heterocycles. The van der Waals surface area contributed by atoms with Gasteiger partial charge in [-0.05, 0) is 42.0 Å². The number of nitrogens with one attached hydrogen (secondary N) is 1. The number of thioether (sulfide) groups is 1. The predicted octanol–water partition coefficient (Wildman–Crippen LogP) is 5.87. The first-order valence-corrected chi connectivity index (χ1v) is 11.8. The largest absolute Gasteiger partial charge is 0.497 e. The lowest BCUT2D eigenvalue weighted by Crippen LogP contribution is -2.33. The molecule has 10 heteroatoms. The molecule has 1 atom stereocenters. The van der Waals surface area contributed by atoms with Crippen LogP contribution in [0, 0.1) is 0 Å². The van der Waals surface area contributed by atoms with Crippen LogP contribution in [0.15, 0.2) is 83.9 Å². The number of hydrogen-bond acceptors (Lipinski definition) is 5. The van der Waals surface area contributed by atoms with E-state index in [4.69, 9.17) is 4.74 Å². The van der Waals surface area contributed by atoms with Crippen molar-refractivity contribution in [3.8, 4) is 5.75 Å². The van der Waals surface area contributed by atoms with Gasteiger partial charge in [0.25, 0.3) is 0 Å². The van der Waals surface area contributed by atoms with E-state index in [-0.39, 0.29) is 30.5 Å². The number of carbonyl (C=O) groups is 2. The molecule has 1 heterocycles. The van der Waals surface area contributed by atoms with Gasteiger partial charge in [0.15, 0.2) is 5.17 Å². The molecule has 0 saturated carbocycles. The summed E-state index contributed by atoms with van der Waals surface area (Å²) < 4.78 is 43.9. The molecule has 0 aliphatic carbocycles. The molecule has 3 aromatic carbocycles. The van der Waals surface area contributed by atoms with Crippen LogP contribution in [0.1, 0.15) is 17.5 Å². The van der Waals surface area contributed by atoms with Crippen LogP contribution in [0.5, 0.6) is 5.75 Å². The molecule has 186 valence electrons. The highest BCUT2D eigenvalue weighted by molar-refractivity contribution is 8.15. The van der Waals surface area contributed by atoms with Gasteiger partial charge in [0, 0.05) is 18.2 Å². The summed E-state index contributed by atoms with van der Waals surface area (Å²) in [6, 6.07) is 20.5. The van der Waals surface area contributed by atoms with Crippen molar-refractivity contribution in [2.24, 2.45) is 4.99 Å². The number of aliphatic imine (C=N–C) groups is 1. The molecule has 2 amide bonds. The monoisotopic (exact) mass is 513 g/mol. The number of alkyl halides is 3. The smallest absolute Gasteiger partial charge is 0.416 e. The van der Waals surface area contributed by atoms with E-state index in [2.05, 4.69) is 10.3 Å². The number of amidine groups is 1. The minimum absolute atomic E-state index is 0.0992. The Morgan fingerprint density at radius 1 is 1.06 bits per heavy atom. The van der Waals surface area contributed by atoms with Crippen LogP contribution < -0.4 is 10.1 Å². The normalized spacial score (nSPS) is 16.9. The van der Waals surface area contributed by atoms with E-state index in [1.54, 1.807) is 24.3 Å². The van der Waals surface area contributed by atoms with E-state index < -0.39 is 17.0 Å². The van der Waals surface area contributed by atoms with Crippen molar-refractivity contribution in [2.75, 3.05) is 12.4 Å². The predicted molar refractivity (Wildman–Crippen MR) is 133 cm³/mol. The summed E-state index contributed by atoms with van der Waals surface area (Å²) in [6.45, 7) is 0.222. The van der Waals surface area contributed by atoms with Crippen LogP contribution >= 0.6 is 11.8 Å². The van der Waals surface area contributed by atoms with Crippen LogP contribution in [0.2, 0.25) is 0 Å². The van der Waals surface area contributed by atoms with Crippen molar-refractivity contribution in [1.82, 2.24) is 4.90 Å². The number of nitrogens with zero attached hydrogens (tertiary/aromatic N) is 2. The maximum absolute atomic E-state index is 13.3. The second-order valence-corrected chi connectivity index (χ2v) is 9.11. The third kappa shape index (κ3) is 6.25. The molecule has 0 spiro atoms. The second-order valence-electron chi connectivity index (χ2n) is 7.94. The molecule has 4 rings (SSSR count). The summed E-state index contributed by atoms with van der Waals surface area (Å²) in [6.07, 6.45) is -4.55. The first-order valence-electron chi connectivity index (χ1n) is 10.9. The SMILES string of the molecule is COc1cccc(NC(=O)C[C@@H]2SC(=Nc3ccc(C(F)(F)F)cc3)N(Cc3ccccc3)C2=O)c1. The van der Waals surface area contributed by atoms with Gasteiger partial charge in [-0.2, -0.15) is 13.2 Å². The third-order valence-electron chi connectivity index (χ3n) is 5.35. The third-order valence-corrected chi connectivity index (χ3v) is 6.52. The zero-order chi connectivity index (χ0) is 25.7. The number of methoxy groups -OCH3 is 1. The van der Waals surface area contributed by atoms with Crippen molar-refractivity contribution < 1.29 is 27.5 Å². The molecule has 36 heavy (non-hydrogen) atoms. The Bertz CT molecular complexity index is 1260. The number of anilines is 1. The number of ether oxygens (including phenoxy) is 1. The highest BCUT2D eigenvalue weighted by Crippen LogP contribution is 2.34. The van der Waals surface area contributed by atoms with E-state index in [0.717, 1.165) is 29.5 Å². The average Bonchev–Trinajstić information content (AvgIpc) is 3.13. The van der Waals surface area contributed by atoms with Crippen molar-refractivity contribution in [2.45, 2.75) is 24.4 Å². The fourth-order valence-electron chi connectivity index (χ4n) is 3.55. The number of halogens is 3. The number of carbonyl (C=O) groups excluding carboxylic acids is 2. The van der Waals surface area contributed by atoms with Gasteiger partial charge in [0.1, 0.15) is 11.0 Å². The zero-order valence-electron chi connectivity index (χ0n) is 19.2. The molecule has 1 aliphatic rings. The Hall–Kier alpha value is -3.79. The summed E-state index contributed by atoms with van der Waals surface area (Å²) >= 11 is 1.12. The van der Waals surface area contributed by atoms with Gasteiger partial charge in [0.2, 0.25) is 11.8 Å². The van der Waals surface area contributed by atoms with Gasteiger partial charge >= 0.3 is 6.18 Å². The lowest BCUT2D eigenvalue weighted by Gasteiger charge is -2.16. The van der Waals surface area contributed by atoms with Crippen LogP contribution in [0.3, 0.4) is 0 Å². The van der Waals surface area contributed by atoms with Gasteiger partial charge in [-0.3, -0.25) is 14.5 Å².